The Labute approximate surface area is 88.7 Å². The zero-order valence-corrected chi connectivity index (χ0v) is 8.89. The fraction of sp³-hybridized carbons (Fsp3) is 0.455. The van der Waals surface area contributed by atoms with Gasteiger partial charge in [-0.3, -0.25) is 0 Å². The van der Waals surface area contributed by atoms with Crippen molar-refractivity contribution < 1.29 is 5.11 Å². The molecule has 1 aromatic carbocycles. The molecular formula is C11H15NOS. The molecule has 1 aromatic rings. The Morgan fingerprint density at radius 3 is 3.07 bits per heavy atom. The van der Waals surface area contributed by atoms with Crippen LogP contribution in [-0.2, 0) is 0 Å². The van der Waals surface area contributed by atoms with E-state index in [1.54, 1.807) is 6.07 Å². The first kappa shape index (κ1) is 9.87. The molecule has 1 saturated heterocycles. The van der Waals surface area contributed by atoms with Crippen LogP contribution in [0, 0.1) is 0 Å². The fourth-order valence-corrected chi connectivity index (χ4v) is 2.89. The quantitative estimate of drug-likeness (QED) is 0.783. The van der Waals surface area contributed by atoms with Gasteiger partial charge in [0.25, 0.3) is 0 Å². The zero-order chi connectivity index (χ0) is 9.80. The molecule has 0 bridgehead atoms. The van der Waals surface area contributed by atoms with E-state index in [-0.39, 0.29) is 0 Å². The minimum Gasteiger partial charge on any atom is -0.508 e. The summed E-state index contributed by atoms with van der Waals surface area (Å²) in [4.78, 5) is 1.17. The summed E-state index contributed by atoms with van der Waals surface area (Å²) in [7, 11) is 0. The first-order valence-electron chi connectivity index (χ1n) is 5.01. The Bertz CT molecular complexity index is 297. The third-order valence-corrected chi connectivity index (χ3v) is 3.63. The van der Waals surface area contributed by atoms with Crippen molar-refractivity contribution in [3.05, 3.63) is 24.3 Å². The van der Waals surface area contributed by atoms with E-state index in [9.17, 15) is 5.11 Å². The van der Waals surface area contributed by atoms with Crippen LogP contribution in [0.5, 0.6) is 5.75 Å². The van der Waals surface area contributed by atoms with Crippen LogP contribution in [0.3, 0.4) is 0 Å². The summed E-state index contributed by atoms with van der Waals surface area (Å²) in [5, 5.41) is 13.4. The SMILES string of the molecule is Oc1cccc(SC2CCCNC2)c1. The summed E-state index contributed by atoms with van der Waals surface area (Å²) in [5.74, 6) is 0.360. The highest BCUT2D eigenvalue weighted by atomic mass is 32.2. The van der Waals surface area contributed by atoms with Crippen molar-refractivity contribution in [1.82, 2.24) is 5.32 Å². The monoisotopic (exact) mass is 209 g/mol. The molecule has 76 valence electrons. The average molecular weight is 209 g/mol. The summed E-state index contributed by atoms with van der Waals surface area (Å²) < 4.78 is 0. The van der Waals surface area contributed by atoms with Crippen molar-refractivity contribution in [3.63, 3.8) is 0 Å². The van der Waals surface area contributed by atoms with Crippen LogP contribution in [-0.4, -0.2) is 23.4 Å². The van der Waals surface area contributed by atoms with Crippen LogP contribution in [0.25, 0.3) is 0 Å². The first-order chi connectivity index (χ1) is 6.84. The summed E-state index contributed by atoms with van der Waals surface area (Å²) in [6.07, 6.45) is 2.53. The standard InChI is InChI=1S/C11H15NOS/c13-9-3-1-4-10(7-9)14-11-5-2-6-12-8-11/h1,3-4,7,11-13H,2,5-6,8H2. The highest BCUT2D eigenvalue weighted by molar-refractivity contribution is 8.00. The number of nitrogens with one attached hydrogen (secondary N) is 1. The maximum Gasteiger partial charge on any atom is 0.116 e. The lowest BCUT2D eigenvalue weighted by molar-refractivity contribution is 0.473. The van der Waals surface area contributed by atoms with Crippen molar-refractivity contribution >= 4 is 11.8 Å². The van der Waals surface area contributed by atoms with Crippen LogP contribution in [0.2, 0.25) is 0 Å². The molecule has 2 nitrogen and oxygen atoms in total. The second-order valence-corrected chi connectivity index (χ2v) is 4.96. The van der Waals surface area contributed by atoms with Gasteiger partial charge in [0, 0.05) is 16.7 Å². The molecule has 0 spiro atoms. The van der Waals surface area contributed by atoms with Gasteiger partial charge in [0.15, 0.2) is 0 Å². The Morgan fingerprint density at radius 1 is 1.43 bits per heavy atom. The number of hydrogen-bond acceptors (Lipinski definition) is 3. The molecular weight excluding hydrogens is 194 g/mol. The molecule has 0 aliphatic carbocycles. The minimum atomic E-state index is 0.360. The molecule has 1 heterocycles. The summed E-state index contributed by atoms with van der Waals surface area (Å²) in [6.45, 7) is 2.23. The Balaban J connectivity index is 1.95. The summed E-state index contributed by atoms with van der Waals surface area (Å²) >= 11 is 1.86. The summed E-state index contributed by atoms with van der Waals surface area (Å²) in [6, 6.07) is 7.50. The Hall–Kier alpha value is -0.670. The molecule has 1 aliphatic heterocycles. The normalized spacial score (nSPS) is 22.1. The lowest BCUT2D eigenvalue weighted by atomic mass is 10.2. The molecule has 0 aromatic heterocycles. The molecule has 0 radical (unpaired) electrons. The van der Waals surface area contributed by atoms with Gasteiger partial charge in [0.1, 0.15) is 5.75 Å². The van der Waals surface area contributed by atoms with Crippen LogP contribution < -0.4 is 5.32 Å². The van der Waals surface area contributed by atoms with Crippen molar-refractivity contribution in [1.29, 1.82) is 0 Å². The number of benzene rings is 1. The van der Waals surface area contributed by atoms with E-state index < -0.39 is 0 Å². The van der Waals surface area contributed by atoms with Crippen LogP contribution in [0.4, 0.5) is 0 Å². The molecule has 1 aliphatic rings. The van der Waals surface area contributed by atoms with Crippen molar-refractivity contribution in [2.24, 2.45) is 0 Å². The van der Waals surface area contributed by atoms with Crippen molar-refractivity contribution in [3.8, 4) is 5.75 Å². The Morgan fingerprint density at radius 2 is 2.36 bits per heavy atom. The second kappa shape index (κ2) is 4.71. The molecule has 2 rings (SSSR count). The van der Waals surface area contributed by atoms with Gasteiger partial charge in [-0.15, -0.1) is 11.8 Å². The van der Waals surface area contributed by atoms with Crippen molar-refractivity contribution in [2.75, 3.05) is 13.1 Å². The zero-order valence-electron chi connectivity index (χ0n) is 8.07. The lowest BCUT2D eigenvalue weighted by Gasteiger charge is -2.22. The number of hydrogen-bond donors (Lipinski definition) is 2. The van der Waals surface area contributed by atoms with Gasteiger partial charge < -0.3 is 10.4 Å². The topological polar surface area (TPSA) is 32.3 Å². The first-order valence-corrected chi connectivity index (χ1v) is 5.89. The lowest BCUT2D eigenvalue weighted by Crippen LogP contribution is -2.31. The maximum absolute atomic E-state index is 9.31. The van der Waals surface area contributed by atoms with Crippen LogP contribution in [0.15, 0.2) is 29.2 Å². The van der Waals surface area contributed by atoms with Gasteiger partial charge in [-0.25, -0.2) is 0 Å². The second-order valence-electron chi connectivity index (χ2n) is 3.58. The number of phenols is 1. The van der Waals surface area contributed by atoms with Gasteiger partial charge in [-0.05, 0) is 37.6 Å². The van der Waals surface area contributed by atoms with Crippen molar-refractivity contribution in [2.45, 2.75) is 23.0 Å². The number of rotatable bonds is 2. The van der Waals surface area contributed by atoms with E-state index in [4.69, 9.17) is 0 Å². The highest BCUT2D eigenvalue weighted by Gasteiger charge is 2.13. The predicted molar refractivity (Wildman–Crippen MR) is 59.9 cm³/mol. The molecule has 0 amide bonds. The van der Waals surface area contributed by atoms with Gasteiger partial charge in [0.2, 0.25) is 0 Å². The molecule has 0 saturated carbocycles. The van der Waals surface area contributed by atoms with E-state index >= 15 is 0 Å². The highest BCUT2D eigenvalue weighted by Crippen LogP contribution is 2.29. The minimum absolute atomic E-state index is 0.360. The number of phenolic OH excluding ortho intramolecular Hbond substituents is 1. The van der Waals surface area contributed by atoms with Crippen LogP contribution >= 0.6 is 11.8 Å². The fourth-order valence-electron chi connectivity index (χ4n) is 1.67. The molecule has 1 fully saturated rings. The Kier molecular flexibility index (Phi) is 3.32. The number of thioether (sulfide) groups is 1. The van der Waals surface area contributed by atoms with Gasteiger partial charge in [-0.1, -0.05) is 6.07 Å². The molecule has 1 atom stereocenters. The average Bonchev–Trinajstić information content (AvgIpc) is 2.19. The van der Waals surface area contributed by atoms with E-state index in [1.165, 1.54) is 17.7 Å². The number of aromatic hydroxyl groups is 1. The predicted octanol–water partition coefficient (Wildman–Crippen LogP) is 2.24. The van der Waals surface area contributed by atoms with E-state index in [0.29, 0.717) is 11.0 Å². The maximum atomic E-state index is 9.31. The molecule has 14 heavy (non-hydrogen) atoms. The van der Waals surface area contributed by atoms with Crippen LogP contribution in [0.1, 0.15) is 12.8 Å². The van der Waals surface area contributed by atoms with E-state index in [1.807, 2.05) is 23.9 Å². The van der Waals surface area contributed by atoms with E-state index in [0.717, 1.165) is 13.1 Å². The largest absolute Gasteiger partial charge is 0.508 e. The third-order valence-electron chi connectivity index (χ3n) is 2.37. The van der Waals surface area contributed by atoms with Gasteiger partial charge >= 0.3 is 0 Å². The third kappa shape index (κ3) is 2.66. The van der Waals surface area contributed by atoms with Gasteiger partial charge in [-0.2, -0.15) is 0 Å². The van der Waals surface area contributed by atoms with E-state index in [2.05, 4.69) is 11.4 Å². The smallest absolute Gasteiger partial charge is 0.116 e. The number of piperidine rings is 1. The van der Waals surface area contributed by atoms with Gasteiger partial charge in [0.05, 0.1) is 0 Å². The molecule has 1 unspecified atom stereocenters. The molecule has 2 N–H and O–H groups in total. The summed E-state index contributed by atoms with van der Waals surface area (Å²) in [5.41, 5.74) is 0. The molecule has 3 heteroatoms.